The lowest BCUT2D eigenvalue weighted by molar-refractivity contribution is -0.131. The van der Waals surface area contributed by atoms with Crippen LogP contribution < -0.4 is 0 Å². The third kappa shape index (κ3) is 6.38. The Labute approximate surface area is 80.7 Å². The van der Waals surface area contributed by atoms with Crippen LogP contribution in [0.15, 0.2) is 12.2 Å². The van der Waals surface area contributed by atoms with E-state index >= 15 is 0 Å². The van der Waals surface area contributed by atoms with Crippen molar-refractivity contribution in [2.24, 2.45) is 17.8 Å². The molecular formula is C11H20O2. The van der Waals surface area contributed by atoms with Crippen LogP contribution in [0.1, 0.15) is 34.1 Å². The summed E-state index contributed by atoms with van der Waals surface area (Å²) >= 11 is 0. The van der Waals surface area contributed by atoms with Crippen LogP contribution in [0.5, 0.6) is 0 Å². The quantitative estimate of drug-likeness (QED) is 0.667. The first-order valence-electron chi connectivity index (χ1n) is 4.84. The van der Waals surface area contributed by atoms with Gasteiger partial charge in [-0.15, -0.1) is 0 Å². The van der Waals surface area contributed by atoms with Crippen molar-refractivity contribution in [1.29, 1.82) is 0 Å². The molecule has 0 aliphatic heterocycles. The molecule has 1 atom stereocenters. The highest BCUT2D eigenvalue weighted by molar-refractivity contribution is 5.79. The number of hydrogen-bond acceptors (Lipinski definition) is 1. The molecular weight excluding hydrogens is 164 g/mol. The van der Waals surface area contributed by atoms with Gasteiger partial charge in [-0.25, -0.2) is 4.79 Å². The van der Waals surface area contributed by atoms with E-state index in [0.29, 0.717) is 17.8 Å². The lowest BCUT2D eigenvalue weighted by atomic mass is 9.87. The third-order valence-electron chi connectivity index (χ3n) is 2.09. The first kappa shape index (κ1) is 12.2. The summed E-state index contributed by atoms with van der Waals surface area (Å²) in [5, 5.41) is 8.49. The van der Waals surface area contributed by atoms with Crippen molar-refractivity contribution < 1.29 is 9.90 Å². The van der Waals surface area contributed by atoms with Crippen molar-refractivity contribution in [3.63, 3.8) is 0 Å². The van der Waals surface area contributed by atoms with Crippen molar-refractivity contribution >= 4 is 5.97 Å². The van der Waals surface area contributed by atoms with E-state index in [1.54, 1.807) is 0 Å². The maximum atomic E-state index is 10.3. The van der Waals surface area contributed by atoms with Gasteiger partial charge in [-0.3, -0.25) is 0 Å². The van der Waals surface area contributed by atoms with Gasteiger partial charge in [0.15, 0.2) is 0 Å². The van der Waals surface area contributed by atoms with E-state index in [9.17, 15) is 4.79 Å². The molecule has 2 nitrogen and oxygen atoms in total. The highest BCUT2D eigenvalue weighted by Crippen LogP contribution is 2.21. The Morgan fingerprint density at radius 2 is 1.85 bits per heavy atom. The second kappa shape index (κ2) is 5.79. The number of carboxylic acids is 1. The summed E-state index contributed by atoms with van der Waals surface area (Å²) in [7, 11) is 0. The predicted molar refractivity (Wildman–Crippen MR) is 54.6 cm³/mol. The van der Waals surface area contributed by atoms with E-state index in [2.05, 4.69) is 27.7 Å². The van der Waals surface area contributed by atoms with Crippen LogP contribution in [0, 0.1) is 17.8 Å². The van der Waals surface area contributed by atoms with E-state index in [4.69, 9.17) is 5.11 Å². The van der Waals surface area contributed by atoms with Crippen molar-refractivity contribution in [3.8, 4) is 0 Å². The van der Waals surface area contributed by atoms with Crippen LogP contribution in [0.25, 0.3) is 0 Å². The summed E-state index contributed by atoms with van der Waals surface area (Å²) in [5.41, 5.74) is 0. The number of rotatable bonds is 5. The van der Waals surface area contributed by atoms with Crippen LogP contribution in [-0.2, 0) is 4.79 Å². The minimum atomic E-state index is -0.852. The summed E-state index contributed by atoms with van der Waals surface area (Å²) in [4.78, 5) is 10.3. The molecule has 0 aromatic heterocycles. The van der Waals surface area contributed by atoms with E-state index < -0.39 is 5.97 Å². The number of carbonyl (C=O) groups is 1. The zero-order valence-electron chi connectivity index (χ0n) is 8.95. The fourth-order valence-electron chi connectivity index (χ4n) is 1.32. The summed E-state index contributed by atoms with van der Waals surface area (Å²) in [5.74, 6) is 0.661. The molecule has 0 amide bonds. The lowest BCUT2D eigenvalue weighted by Crippen LogP contribution is -2.09. The van der Waals surface area contributed by atoms with Crippen LogP contribution in [0.2, 0.25) is 0 Å². The van der Waals surface area contributed by atoms with Crippen molar-refractivity contribution in [2.75, 3.05) is 0 Å². The molecule has 0 saturated carbocycles. The Morgan fingerprint density at radius 1 is 1.31 bits per heavy atom. The van der Waals surface area contributed by atoms with Crippen LogP contribution in [0.3, 0.4) is 0 Å². The Balaban J connectivity index is 4.17. The Hall–Kier alpha value is -0.790. The highest BCUT2D eigenvalue weighted by atomic mass is 16.4. The van der Waals surface area contributed by atoms with Gasteiger partial charge >= 0.3 is 5.97 Å². The molecule has 0 rings (SSSR count). The molecule has 2 heteroatoms. The number of aliphatic carboxylic acids is 1. The van der Waals surface area contributed by atoms with Gasteiger partial charge in [-0.05, 0) is 24.2 Å². The normalized spacial score (nSPS) is 14.3. The highest BCUT2D eigenvalue weighted by Gasteiger charge is 2.11. The zero-order chi connectivity index (χ0) is 10.4. The van der Waals surface area contributed by atoms with Crippen LogP contribution >= 0.6 is 0 Å². The van der Waals surface area contributed by atoms with Crippen molar-refractivity contribution in [1.82, 2.24) is 0 Å². The second-order valence-corrected chi connectivity index (χ2v) is 4.23. The van der Waals surface area contributed by atoms with Gasteiger partial charge in [-0.2, -0.15) is 0 Å². The molecule has 0 aromatic carbocycles. The zero-order valence-corrected chi connectivity index (χ0v) is 8.95. The first-order valence-corrected chi connectivity index (χ1v) is 4.84. The molecule has 76 valence electrons. The Morgan fingerprint density at radius 3 is 2.15 bits per heavy atom. The molecule has 0 aliphatic carbocycles. The smallest absolute Gasteiger partial charge is 0.327 e. The topological polar surface area (TPSA) is 37.3 Å². The average Bonchev–Trinajstić information content (AvgIpc) is 1.96. The molecule has 0 bridgehead atoms. The summed E-state index contributed by atoms with van der Waals surface area (Å²) in [6.07, 6.45) is 4.13. The van der Waals surface area contributed by atoms with Gasteiger partial charge in [0.1, 0.15) is 0 Å². The predicted octanol–water partition coefficient (Wildman–Crippen LogP) is 2.95. The van der Waals surface area contributed by atoms with E-state index in [-0.39, 0.29) is 0 Å². The molecule has 0 heterocycles. The number of allylic oxidation sites excluding steroid dienone is 1. The molecule has 0 saturated heterocycles. The molecule has 0 aromatic rings. The third-order valence-corrected chi connectivity index (χ3v) is 2.09. The monoisotopic (exact) mass is 184 g/mol. The van der Waals surface area contributed by atoms with Gasteiger partial charge in [0.2, 0.25) is 0 Å². The standard InChI is InChI=1S/C11H20O2/c1-8(2)7-10(9(3)4)5-6-11(12)13/h5-6,8-10H,7H2,1-4H3,(H,12,13)/b6-5+. The van der Waals surface area contributed by atoms with E-state index in [0.717, 1.165) is 6.42 Å². The molecule has 1 unspecified atom stereocenters. The molecule has 1 N–H and O–H groups in total. The minimum absolute atomic E-state index is 0.385. The van der Waals surface area contributed by atoms with Crippen LogP contribution in [-0.4, -0.2) is 11.1 Å². The fraction of sp³-hybridized carbons (Fsp3) is 0.727. The average molecular weight is 184 g/mol. The van der Waals surface area contributed by atoms with E-state index in [1.165, 1.54) is 6.08 Å². The van der Waals surface area contributed by atoms with Gasteiger partial charge in [0.25, 0.3) is 0 Å². The van der Waals surface area contributed by atoms with Crippen LogP contribution in [0.4, 0.5) is 0 Å². The van der Waals surface area contributed by atoms with Gasteiger partial charge in [0.05, 0.1) is 0 Å². The van der Waals surface area contributed by atoms with Gasteiger partial charge < -0.3 is 5.11 Å². The minimum Gasteiger partial charge on any atom is -0.478 e. The van der Waals surface area contributed by atoms with E-state index in [1.807, 2.05) is 6.08 Å². The molecule has 0 spiro atoms. The molecule has 0 radical (unpaired) electrons. The summed E-state index contributed by atoms with van der Waals surface area (Å²) in [6.45, 7) is 8.56. The number of carboxylic acid groups (broad SMARTS) is 1. The number of hydrogen-bond donors (Lipinski definition) is 1. The maximum Gasteiger partial charge on any atom is 0.327 e. The lowest BCUT2D eigenvalue weighted by Gasteiger charge is -2.18. The maximum absolute atomic E-state index is 10.3. The van der Waals surface area contributed by atoms with Gasteiger partial charge in [0, 0.05) is 6.08 Å². The Bertz CT molecular complexity index is 181. The summed E-state index contributed by atoms with van der Waals surface area (Å²) in [6, 6.07) is 0. The second-order valence-electron chi connectivity index (χ2n) is 4.23. The summed E-state index contributed by atoms with van der Waals surface area (Å²) < 4.78 is 0. The molecule has 0 fully saturated rings. The molecule has 13 heavy (non-hydrogen) atoms. The van der Waals surface area contributed by atoms with Crippen molar-refractivity contribution in [2.45, 2.75) is 34.1 Å². The fourth-order valence-corrected chi connectivity index (χ4v) is 1.32. The SMILES string of the molecule is CC(C)CC(/C=C/C(=O)O)C(C)C. The largest absolute Gasteiger partial charge is 0.478 e. The Kier molecular flexibility index (Phi) is 5.44. The molecule has 0 aliphatic rings. The first-order chi connectivity index (χ1) is 5.93. The van der Waals surface area contributed by atoms with Crippen molar-refractivity contribution in [3.05, 3.63) is 12.2 Å². The van der Waals surface area contributed by atoms with Gasteiger partial charge in [-0.1, -0.05) is 33.8 Å².